The van der Waals surface area contributed by atoms with Gasteiger partial charge in [-0.25, -0.2) is 4.79 Å². The van der Waals surface area contributed by atoms with E-state index in [0.717, 1.165) is 32.5 Å². The van der Waals surface area contributed by atoms with Crippen LogP contribution in [0, 0.1) is 0 Å². The normalized spacial score (nSPS) is 11.9. The van der Waals surface area contributed by atoms with Crippen LogP contribution >= 0.6 is 0 Å². The molecular weight excluding hydrogens is 592 g/mol. The quantitative estimate of drug-likeness (QED) is 0.128. The zero-order valence-corrected chi connectivity index (χ0v) is 26.2. The van der Waals surface area contributed by atoms with Gasteiger partial charge >= 0.3 is 6.09 Å². The lowest BCUT2D eigenvalue weighted by Crippen LogP contribution is -2.49. The average molecular weight is 631 g/mol. The van der Waals surface area contributed by atoms with Gasteiger partial charge in [0, 0.05) is 6.54 Å². The van der Waals surface area contributed by atoms with E-state index >= 15 is 0 Å². The Labute approximate surface area is 265 Å². The smallest absolute Gasteiger partial charge is 0.408 e. The van der Waals surface area contributed by atoms with Crippen molar-refractivity contribution in [1.29, 1.82) is 0 Å². The molecular formula is C33H38N6O7. The summed E-state index contributed by atoms with van der Waals surface area (Å²) in [6.07, 6.45) is -0.777. The summed E-state index contributed by atoms with van der Waals surface area (Å²) < 4.78 is 5.07. The zero-order valence-electron chi connectivity index (χ0n) is 26.2. The second-order valence-electron chi connectivity index (χ2n) is 11.8. The molecule has 4 rings (SSSR count). The van der Waals surface area contributed by atoms with Gasteiger partial charge in [-0.05, 0) is 65.6 Å². The minimum atomic E-state index is -0.959. The van der Waals surface area contributed by atoms with E-state index in [4.69, 9.17) is 4.74 Å². The van der Waals surface area contributed by atoms with Gasteiger partial charge in [0.2, 0.25) is 29.5 Å². The lowest BCUT2D eigenvalue weighted by molar-refractivity contribution is -0.129. The van der Waals surface area contributed by atoms with Gasteiger partial charge in [-0.1, -0.05) is 54.6 Å². The Morgan fingerprint density at radius 2 is 1.11 bits per heavy atom. The highest BCUT2D eigenvalue weighted by atomic mass is 16.6. The Morgan fingerprint density at radius 3 is 1.67 bits per heavy atom. The molecule has 0 aliphatic rings. The Bertz CT molecular complexity index is 1770. The van der Waals surface area contributed by atoms with Crippen LogP contribution in [-0.2, 0) is 35.3 Å². The molecule has 0 fully saturated rings. The van der Waals surface area contributed by atoms with Gasteiger partial charge in [-0.2, -0.15) is 0 Å². The first-order valence-electron chi connectivity index (χ1n) is 14.8. The largest absolute Gasteiger partial charge is 0.444 e. The lowest BCUT2D eigenvalue weighted by Gasteiger charge is -2.21. The van der Waals surface area contributed by atoms with Crippen molar-refractivity contribution in [3.8, 4) is 0 Å². The summed E-state index contributed by atoms with van der Waals surface area (Å²) in [4.78, 5) is 72.5. The first-order chi connectivity index (χ1) is 21.8. The first kappa shape index (κ1) is 33.4. The molecule has 0 aromatic heterocycles. The van der Waals surface area contributed by atoms with E-state index in [9.17, 15) is 28.8 Å². The Kier molecular flexibility index (Phi) is 10.6. The van der Waals surface area contributed by atoms with E-state index in [-0.39, 0.29) is 13.1 Å². The first-order valence-corrected chi connectivity index (χ1v) is 14.8. The van der Waals surface area contributed by atoms with E-state index in [2.05, 4.69) is 68.3 Å². The molecule has 242 valence electrons. The predicted octanol–water partition coefficient (Wildman–Crippen LogP) is 1.58. The molecule has 4 aromatic carbocycles. The second kappa shape index (κ2) is 14.5. The van der Waals surface area contributed by atoms with Crippen LogP contribution in [0.2, 0.25) is 0 Å². The van der Waals surface area contributed by atoms with Crippen molar-refractivity contribution in [2.24, 2.45) is 0 Å². The minimum Gasteiger partial charge on any atom is -0.444 e. The third-order valence-electron chi connectivity index (χ3n) is 6.98. The molecule has 0 aliphatic carbocycles. The van der Waals surface area contributed by atoms with Gasteiger partial charge in [-0.3, -0.25) is 24.0 Å². The van der Waals surface area contributed by atoms with Gasteiger partial charge < -0.3 is 36.6 Å². The highest BCUT2D eigenvalue weighted by Crippen LogP contribution is 2.35. The van der Waals surface area contributed by atoms with Crippen LogP contribution in [0.25, 0.3) is 32.3 Å². The summed E-state index contributed by atoms with van der Waals surface area (Å²) in [5, 5.41) is 21.4. The molecule has 0 saturated carbocycles. The van der Waals surface area contributed by atoms with Crippen LogP contribution in [0.5, 0.6) is 0 Å². The topological polar surface area (TPSA) is 184 Å². The van der Waals surface area contributed by atoms with Gasteiger partial charge in [-0.15, -0.1) is 0 Å². The van der Waals surface area contributed by atoms with Gasteiger partial charge in [0.25, 0.3) is 0 Å². The monoisotopic (exact) mass is 630 g/mol. The molecule has 6 amide bonds. The highest BCUT2D eigenvalue weighted by molar-refractivity contribution is 6.23. The highest BCUT2D eigenvalue weighted by Gasteiger charge is 2.21. The summed E-state index contributed by atoms with van der Waals surface area (Å²) in [6, 6.07) is 17.6. The number of hydrogen-bond acceptors (Lipinski definition) is 7. The maximum absolute atomic E-state index is 12.4. The standard InChI is InChI=1S/C33H38N6O7/c1-19(39-32(45)46-33(2,3)4)31(44)38-18-28(43)37-17-27(42)36-16-26(41)35-15-25(40)34-14-23-11-10-22-9-8-20-6-5-7-21-12-13-24(23)30(22)29(20)21/h5-13,19H,14-18H2,1-4H3,(H,34,40)(H,35,41)(H,36,42)(H,37,43)(H,38,44)(H,39,45)/t19-/m0/s1. The van der Waals surface area contributed by atoms with Crippen molar-refractivity contribution in [3.63, 3.8) is 0 Å². The van der Waals surface area contributed by atoms with Crippen molar-refractivity contribution < 1.29 is 33.5 Å². The maximum Gasteiger partial charge on any atom is 0.408 e. The molecule has 46 heavy (non-hydrogen) atoms. The van der Waals surface area contributed by atoms with Crippen molar-refractivity contribution in [1.82, 2.24) is 31.9 Å². The second-order valence-corrected chi connectivity index (χ2v) is 11.8. The molecule has 0 spiro atoms. The van der Waals surface area contributed by atoms with E-state index < -0.39 is 66.9 Å². The Morgan fingerprint density at radius 1 is 0.630 bits per heavy atom. The van der Waals surface area contributed by atoms with Gasteiger partial charge in [0.1, 0.15) is 11.6 Å². The number of carbonyl (C=O) groups excluding carboxylic acids is 6. The third-order valence-corrected chi connectivity index (χ3v) is 6.98. The van der Waals surface area contributed by atoms with E-state index in [1.54, 1.807) is 20.8 Å². The molecule has 13 heteroatoms. The number of benzene rings is 4. The van der Waals surface area contributed by atoms with E-state index in [1.807, 2.05) is 18.2 Å². The van der Waals surface area contributed by atoms with Crippen LogP contribution < -0.4 is 31.9 Å². The van der Waals surface area contributed by atoms with Gasteiger partial charge in [0.15, 0.2) is 0 Å². The molecule has 1 atom stereocenters. The molecule has 0 saturated heterocycles. The molecule has 4 aromatic rings. The molecule has 0 unspecified atom stereocenters. The molecule has 0 heterocycles. The van der Waals surface area contributed by atoms with Crippen molar-refractivity contribution >= 4 is 67.9 Å². The number of ether oxygens (including phenoxy) is 1. The van der Waals surface area contributed by atoms with Crippen molar-refractivity contribution in [2.75, 3.05) is 26.2 Å². The Hall–Kier alpha value is -5.46. The summed E-state index contributed by atoms with van der Waals surface area (Å²) in [7, 11) is 0. The lowest BCUT2D eigenvalue weighted by atomic mass is 9.92. The summed E-state index contributed by atoms with van der Waals surface area (Å²) in [5.74, 6) is -2.90. The summed E-state index contributed by atoms with van der Waals surface area (Å²) >= 11 is 0. The van der Waals surface area contributed by atoms with Crippen LogP contribution in [0.1, 0.15) is 33.3 Å². The summed E-state index contributed by atoms with van der Waals surface area (Å²) in [6.45, 7) is 5.19. The Balaban J connectivity index is 1.12. The van der Waals surface area contributed by atoms with E-state index in [1.165, 1.54) is 12.3 Å². The number of carbonyl (C=O) groups is 6. The molecule has 0 radical (unpaired) electrons. The maximum atomic E-state index is 12.4. The number of amides is 6. The van der Waals surface area contributed by atoms with Crippen LogP contribution in [0.3, 0.4) is 0 Å². The third kappa shape index (κ3) is 9.03. The average Bonchev–Trinajstić information content (AvgIpc) is 3.01. The number of nitrogens with one attached hydrogen (secondary N) is 6. The van der Waals surface area contributed by atoms with Crippen LogP contribution in [0.15, 0.2) is 54.6 Å². The van der Waals surface area contributed by atoms with Crippen molar-refractivity contribution in [2.45, 2.75) is 45.9 Å². The fraction of sp³-hybridized carbons (Fsp3) is 0.333. The molecule has 13 nitrogen and oxygen atoms in total. The minimum absolute atomic E-state index is 0.277. The molecule has 6 N–H and O–H groups in total. The van der Waals surface area contributed by atoms with E-state index in [0.29, 0.717) is 0 Å². The molecule has 0 aliphatic heterocycles. The van der Waals surface area contributed by atoms with Crippen molar-refractivity contribution in [3.05, 3.63) is 60.2 Å². The number of hydrogen-bond donors (Lipinski definition) is 6. The van der Waals surface area contributed by atoms with Crippen LogP contribution in [0.4, 0.5) is 4.79 Å². The fourth-order valence-corrected chi connectivity index (χ4v) is 4.80. The van der Waals surface area contributed by atoms with Gasteiger partial charge in [0.05, 0.1) is 26.2 Å². The number of rotatable bonds is 12. The number of alkyl carbamates (subject to hydrolysis) is 1. The zero-order chi connectivity index (χ0) is 33.4. The summed E-state index contributed by atoms with van der Waals surface area (Å²) in [5.41, 5.74) is 0.218. The SMILES string of the molecule is C[C@H](NC(=O)OC(C)(C)C)C(=O)NCC(=O)NCC(=O)NCC(=O)NCC(=O)NCc1ccc2ccc3cccc4ccc1c2c34. The molecule has 0 bridgehead atoms. The predicted molar refractivity (Wildman–Crippen MR) is 173 cm³/mol. The fourth-order valence-electron chi connectivity index (χ4n) is 4.80. The van der Waals surface area contributed by atoms with Crippen LogP contribution in [-0.4, -0.2) is 73.5 Å².